The van der Waals surface area contributed by atoms with Gasteiger partial charge in [-0.25, -0.2) is 0 Å². The maximum absolute atomic E-state index is 12.1. The molecular formula is C19H20ClNO5. The number of methoxy groups -OCH3 is 1. The minimum atomic E-state index is -0.277. The van der Waals surface area contributed by atoms with Gasteiger partial charge in [0.2, 0.25) is 0 Å². The SMILES string of the molecule is CNC(=O)c1cc(Cl)c(OCc2ccc(OC)cc2)cc1OC[C@@H]1CO1. The summed E-state index contributed by atoms with van der Waals surface area (Å²) in [5.41, 5.74) is 1.32. The third kappa shape index (κ3) is 4.59. The molecule has 6 nitrogen and oxygen atoms in total. The lowest BCUT2D eigenvalue weighted by molar-refractivity contribution is 0.0958. The van der Waals surface area contributed by atoms with Crippen molar-refractivity contribution in [2.75, 3.05) is 27.4 Å². The fourth-order valence-electron chi connectivity index (χ4n) is 2.31. The molecule has 1 amide bonds. The predicted octanol–water partition coefficient (Wildman–Crippen LogP) is 3.06. The van der Waals surface area contributed by atoms with Gasteiger partial charge >= 0.3 is 0 Å². The number of ether oxygens (including phenoxy) is 4. The highest BCUT2D eigenvalue weighted by atomic mass is 35.5. The molecule has 1 fully saturated rings. The highest BCUT2D eigenvalue weighted by Crippen LogP contribution is 2.34. The van der Waals surface area contributed by atoms with Gasteiger partial charge in [0, 0.05) is 13.1 Å². The monoisotopic (exact) mass is 377 g/mol. The van der Waals surface area contributed by atoms with Gasteiger partial charge in [-0.3, -0.25) is 4.79 Å². The van der Waals surface area contributed by atoms with Crippen LogP contribution in [-0.4, -0.2) is 39.4 Å². The smallest absolute Gasteiger partial charge is 0.254 e. The number of nitrogens with one attached hydrogen (secondary N) is 1. The van der Waals surface area contributed by atoms with E-state index >= 15 is 0 Å². The largest absolute Gasteiger partial charge is 0.497 e. The quantitative estimate of drug-likeness (QED) is 0.716. The van der Waals surface area contributed by atoms with Crippen molar-refractivity contribution in [3.63, 3.8) is 0 Å². The van der Waals surface area contributed by atoms with Gasteiger partial charge in [-0.15, -0.1) is 0 Å². The normalized spacial score (nSPS) is 15.3. The van der Waals surface area contributed by atoms with Gasteiger partial charge in [-0.05, 0) is 23.8 Å². The average molecular weight is 378 g/mol. The second-order valence-corrected chi connectivity index (χ2v) is 6.17. The Morgan fingerprint density at radius 2 is 1.96 bits per heavy atom. The van der Waals surface area contributed by atoms with E-state index in [2.05, 4.69) is 5.32 Å². The molecule has 26 heavy (non-hydrogen) atoms. The Hall–Kier alpha value is -2.44. The molecule has 3 rings (SSSR count). The Labute approximate surface area is 157 Å². The summed E-state index contributed by atoms with van der Waals surface area (Å²) in [6.45, 7) is 1.38. The molecule has 0 bridgehead atoms. The van der Waals surface area contributed by atoms with E-state index in [9.17, 15) is 4.79 Å². The number of carbonyl (C=O) groups excluding carboxylic acids is 1. The van der Waals surface area contributed by atoms with Crippen LogP contribution in [0.25, 0.3) is 0 Å². The lowest BCUT2D eigenvalue weighted by Crippen LogP contribution is -2.19. The first-order chi connectivity index (χ1) is 12.6. The molecular weight excluding hydrogens is 358 g/mol. The molecule has 0 unspecified atom stereocenters. The maximum Gasteiger partial charge on any atom is 0.254 e. The highest BCUT2D eigenvalue weighted by molar-refractivity contribution is 6.32. The molecule has 0 spiro atoms. The van der Waals surface area contributed by atoms with E-state index in [1.807, 2.05) is 24.3 Å². The molecule has 7 heteroatoms. The lowest BCUT2D eigenvalue weighted by Gasteiger charge is -2.14. The Bertz CT molecular complexity index is 774. The van der Waals surface area contributed by atoms with Gasteiger partial charge in [-0.2, -0.15) is 0 Å². The van der Waals surface area contributed by atoms with Crippen molar-refractivity contribution in [2.24, 2.45) is 0 Å². The first-order valence-electron chi connectivity index (χ1n) is 8.16. The van der Waals surface area contributed by atoms with E-state index in [0.29, 0.717) is 41.9 Å². The molecule has 0 saturated carbocycles. The van der Waals surface area contributed by atoms with Crippen LogP contribution < -0.4 is 19.5 Å². The molecule has 1 aliphatic heterocycles. The number of benzene rings is 2. The molecule has 0 radical (unpaired) electrons. The van der Waals surface area contributed by atoms with Crippen molar-refractivity contribution < 1.29 is 23.7 Å². The minimum Gasteiger partial charge on any atom is -0.497 e. The highest BCUT2D eigenvalue weighted by Gasteiger charge is 2.25. The summed E-state index contributed by atoms with van der Waals surface area (Å²) in [4.78, 5) is 12.1. The van der Waals surface area contributed by atoms with Crippen molar-refractivity contribution in [1.29, 1.82) is 0 Å². The van der Waals surface area contributed by atoms with Crippen LogP contribution in [0.5, 0.6) is 17.2 Å². The zero-order valence-electron chi connectivity index (χ0n) is 14.6. The molecule has 0 aromatic heterocycles. The third-order valence-corrected chi connectivity index (χ3v) is 4.18. The zero-order valence-corrected chi connectivity index (χ0v) is 15.3. The molecule has 1 N–H and O–H groups in total. The summed E-state index contributed by atoms with van der Waals surface area (Å²) in [7, 11) is 3.17. The van der Waals surface area contributed by atoms with E-state index in [4.69, 9.17) is 30.5 Å². The summed E-state index contributed by atoms with van der Waals surface area (Å²) >= 11 is 6.29. The van der Waals surface area contributed by atoms with Crippen molar-refractivity contribution in [2.45, 2.75) is 12.7 Å². The standard InChI is InChI=1S/C19H20ClNO5/c1-21-19(22)15-7-16(20)18(8-17(15)26-11-14-10-24-14)25-9-12-3-5-13(23-2)6-4-12/h3-8,14H,9-11H2,1-2H3,(H,21,22)/t14-/m0/s1. The van der Waals surface area contributed by atoms with Gasteiger partial charge < -0.3 is 24.3 Å². The number of carbonyl (C=O) groups is 1. The van der Waals surface area contributed by atoms with Crippen LogP contribution in [0.1, 0.15) is 15.9 Å². The fourth-order valence-corrected chi connectivity index (χ4v) is 2.52. The first-order valence-corrected chi connectivity index (χ1v) is 8.54. The van der Waals surface area contributed by atoms with Crippen molar-refractivity contribution >= 4 is 17.5 Å². The molecule has 1 saturated heterocycles. The predicted molar refractivity (Wildman–Crippen MR) is 97.4 cm³/mol. The number of epoxide rings is 1. The van der Waals surface area contributed by atoms with Gasteiger partial charge in [0.05, 0.1) is 24.3 Å². The zero-order chi connectivity index (χ0) is 18.5. The number of rotatable bonds is 8. The molecule has 0 aliphatic carbocycles. The van der Waals surface area contributed by atoms with Crippen LogP contribution in [0, 0.1) is 0 Å². The Morgan fingerprint density at radius 1 is 1.23 bits per heavy atom. The van der Waals surface area contributed by atoms with E-state index in [0.717, 1.165) is 11.3 Å². The van der Waals surface area contributed by atoms with E-state index in [1.165, 1.54) is 0 Å². The summed E-state index contributed by atoms with van der Waals surface area (Å²) < 4.78 is 21.8. The fraction of sp³-hybridized carbons (Fsp3) is 0.316. The van der Waals surface area contributed by atoms with E-state index in [-0.39, 0.29) is 12.0 Å². The third-order valence-electron chi connectivity index (χ3n) is 3.89. The van der Waals surface area contributed by atoms with E-state index < -0.39 is 0 Å². The van der Waals surface area contributed by atoms with Crippen LogP contribution in [0.2, 0.25) is 5.02 Å². The minimum absolute atomic E-state index is 0.0758. The van der Waals surface area contributed by atoms with Gasteiger partial charge in [-0.1, -0.05) is 23.7 Å². The second kappa shape index (κ2) is 8.29. The molecule has 1 atom stereocenters. The molecule has 2 aromatic carbocycles. The topological polar surface area (TPSA) is 69.3 Å². The van der Waals surface area contributed by atoms with Crippen molar-refractivity contribution in [3.05, 3.63) is 52.5 Å². The summed E-state index contributed by atoms with van der Waals surface area (Å²) in [6, 6.07) is 10.7. The van der Waals surface area contributed by atoms with E-state index in [1.54, 1.807) is 26.3 Å². The van der Waals surface area contributed by atoms with Crippen LogP contribution in [0.15, 0.2) is 36.4 Å². The number of hydrogen-bond acceptors (Lipinski definition) is 5. The molecule has 2 aromatic rings. The number of halogens is 1. The number of hydrogen-bond donors (Lipinski definition) is 1. The second-order valence-electron chi connectivity index (χ2n) is 5.76. The van der Waals surface area contributed by atoms with Crippen LogP contribution >= 0.6 is 11.6 Å². The van der Waals surface area contributed by atoms with Gasteiger partial charge in [0.15, 0.2) is 0 Å². The summed E-state index contributed by atoms with van der Waals surface area (Å²) in [6.07, 6.45) is 0.0758. The first kappa shape index (κ1) is 18.4. The Balaban J connectivity index is 1.76. The van der Waals surface area contributed by atoms with Crippen LogP contribution in [0.4, 0.5) is 0 Å². The molecule has 1 heterocycles. The maximum atomic E-state index is 12.1. The van der Waals surface area contributed by atoms with Crippen LogP contribution in [-0.2, 0) is 11.3 Å². The van der Waals surface area contributed by atoms with Crippen LogP contribution in [0.3, 0.4) is 0 Å². The summed E-state index contributed by atoms with van der Waals surface area (Å²) in [5.74, 6) is 1.36. The molecule has 1 aliphatic rings. The van der Waals surface area contributed by atoms with Gasteiger partial charge in [0.25, 0.3) is 5.91 Å². The average Bonchev–Trinajstić information content (AvgIpc) is 3.50. The van der Waals surface area contributed by atoms with Crippen molar-refractivity contribution in [1.82, 2.24) is 5.32 Å². The van der Waals surface area contributed by atoms with Crippen molar-refractivity contribution in [3.8, 4) is 17.2 Å². The van der Waals surface area contributed by atoms with Gasteiger partial charge in [0.1, 0.15) is 36.6 Å². The molecule has 138 valence electrons. The number of amides is 1. The lowest BCUT2D eigenvalue weighted by atomic mass is 10.1. The Morgan fingerprint density at radius 3 is 2.58 bits per heavy atom. The summed E-state index contributed by atoms with van der Waals surface area (Å²) in [5, 5.41) is 2.92. The Kier molecular flexibility index (Phi) is 5.85.